The van der Waals surface area contributed by atoms with E-state index in [1.165, 1.54) is 5.56 Å². The van der Waals surface area contributed by atoms with E-state index in [0.29, 0.717) is 44.6 Å². The van der Waals surface area contributed by atoms with Crippen LogP contribution in [0.15, 0.2) is 46.2 Å². The first-order valence-corrected chi connectivity index (χ1v) is 10.9. The zero-order chi connectivity index (χ0) is 21.3. The summed E-state index contributed by atoms with van der Waals surface area (Å²) in [5.41, 5.74) is 1.20. The van der Waals surface area contributed by atoms with E-state index in [-0.39, 0.29) is 5.91 Å². The third-order valence-electron chi connectivity index (χ3n) is 4.54. The smallest absolute Gasteiger partial charge is 0.257 e. The summed E-state index contributed by atoms with van der Waals surface area (Å²) in [6.07, 6.45) is 0.859. The molecule has 160 valence electrons. The van der Waals surface area contributed by atoms with Gasteiger partial charge >= 0.3 is 0 Å². The zero-order valence-electron chi connectivity index (χ0n) is 17.7. The van der Waals surface area contributed by atoms with Gasteiger partial charge in [0.15, 0.2) is 0 Å². The van der Waals surface area contributed by atoms with Crippen molar-refractivity contribution in [2.24, 2.45) is 0 Å². The van der Waals surface area contributed by atoms with Crippen LogP contribution in [0.5, 0.6) is 5.75 Å². The van der Waals surface area contributed by atoms with E-state index < -0.39 is 0 Å². The molecule has 0 N–H and O–H groups in total. The highest BCUT2D eigenvalue weighted by Gasteiger charge is 2.19. The third-order valence-corrected chi connectivity index (χ3v) is 5.40. The van der Waals surface area contributed by atoms with Crippen LogP contribution in [0.2, 0.25) is 0 Å². The molecule has 3 aromatic rings. The van der Waals surface area contributed by atoms with Crippen LogP contribution in [-0.2, 0) is 11.3 Å². The quantitative estimate of drug-likeness (QED) is 0.462. The van der Waals surface area contributed by atoms with Gasteiger partial charge in [-0.15, -0.1) is 21.5 Å². The molecule has 0 aliphatic rings. The molecule has 0 saturated heterocycles. The maximum atomic E-state index is 12.8. The van der Waals surface area contributed by atoms with E-state index in [1.54, 1.807) is 16.2 Å². The Morgan fingerprint density at radius 2 is 1.97 bits per heavy atom. The number of hydrogen-bond donors (Lipinski definition) is 0. The van der Waals surface area contributed by atoms with E-state index in [9.17, 15) is 4.79 Å². The second-order valence-electron chi connectivity index (χ2n) is 7.19. The van der Waals surface area contributed by atoms with Crippen molar-refractivity contribution >= 4 is 17.2 Å². The summed E-state index contributed by atoms with van der Waals surface area (Å²) in [6, 6.07) is 11.8. The van der Waals surface area contributed by atoms with E-state index >= 15 is 0 Å². The molecule has 30 heavy (non-hydrogen) atoms. The van der Waals surface area contributed by atoms with Crippen LogP contribution in [0.1, 0.15) is 24.8 Å². The number of benzene rings is 1. The van der Waals surface area contributed by atoms with Crippen molar-refractivity contribution in [2.45, 2.75) is 26.8 Å². The van der Waals surface area contributed by atoms with Crippen molar-refractivity contribution in [2.75, 3.05) is 33.3 Å². The molecule has 2 heterocycles. The van der Waals surface area contributed by atoms with E-state index in [4.69, 9.17) is 9.15 Å². The van der Waals surface area contributed by atoms with E-state index in [0.717, 1.165) is 17.0 Å². The molecule has 0 aliphatic carbocycles. The molecule has 8 heteroatoms. The van der Waals surface area contributed by atoms with Crippen molar-refractivity contribution in [3.8, 4) is 16.5 Å². The first-order valence-electron chi connectivity index (χ1n) is 10.1. The summed E-state index contributed by atoms with van der Waals surface area (Å²) in [5, 5.41) is 10.2. The number of thiophene rings is 1. The summed E-state index contributed by atoms with van der Waals surface area (Å²) in [7, 11) is 1.92. The fourth-order valence-corrected chi connectivity index (χ4v) is 3.55. The lowest BCUT2D eigenvalue weighted by molar-refractivity contribution is -0.133. The minimum atomic E-state index is 0.0329. The highest BCUT2D eigenvalue weighted by Crippen LogP contribution is 2.23. The zero-order valence-corrected chi connectivity index (χ0v) is 18.5. The Hall–Kier alpha value is -2.71. The van der Waals surface area contributed by atoms with E-state index in [1.807, 2.05) is 67.6 Å². The number of aryl methyl sites for hydroxylation is 1. The number of rotatable bonds is 11. The number of nitrogens with zero attached hydrogens (tertiary/aromatic N) is 4. The summed E-state index contributed by atoms with van der Waals surface area (Å²) in [5.74, 6) is 1.82. The summed E-state index contributed by atoms with van der Waals surface area (Å²) in [6.45, 7) is 6.54. The predicted molar refractivity (Wildman–Crippen MR) is 117 cm³/mol. The lowest BCUT2D eigenvalue weighted by Gasteiger charge is -2.24. The Labute approximate surface area is 181 Å². The molecule has 0 fully saturated rings. The number of aromatic nitrogens is 2. The van der Waals surface area contributed by atoms with Gasteiger partial charge in [-0.2, -0.15) is 0 Å². The maximum absolute atomic E-state index is 12.8. The second-order valence-corrected chi connectivity index (χ2v) is 8.14. The van der Waals surface area contributed by atoms with Gasteiger partial charge < -0.3 is 14.1 Å². The first kappa shape index (κ1) is 22.0. The Balaban J connectivity index is 1.48. The monoisotopic (exact) mass is 428 g/mol. The standard InChI is InChI=1S/C22H28N4O3S/c1-4-11-26(15-20-23-24-22(29-20)19-6-5-14-30-19)21(27)16-25(3)12-13-28-18-9-7-17(2)8-10-18/h5-10,14H,4,11-13,15-16H2,1-3H3. The third kappa shape index (κ3) is 6.40. The summed E-state index contributed by atoms with van der Waals surface area (Å²) in [4.78, 5) is 17.5. The van der Waals surface area contributed by atoms with Gasteiger partial charge in [0.1, 0.15) is 12.4 Å². The average Bonchev–Trinajstić information content (AvgIpc) is 3.41. The topological polar surface area (TPSA) is 71.7 Å². The van der Waals surface area contributed by atoms with Crippen molar-refractivity contribution in [1.82, 2.24) is 20.0 Å². The largest absolute Gasteiger partial charge is 0.492 e. The highest BCUT2D eigenvalue weighted by atomic mass is 32.1. The molecule has 1 aromatic carbocycles. The number of amides is 1. The lowest BCUT2D eigenvalue weighted by Crippen LogP contribution is -2.40. The van der Waals surface area contributed by atoms with Crippen LogP contribution < -0.4 is 4.74 Å². The number of carbonyl (C=O) groups excluding carboxylic acids is 1. The Morgan fingerprint density at radius 1 is 1.17 bits per heavy atom. The van der Waals surface area contributed by atoms with Crippen molar-refractivity contribution in [3.05, 3.63) is 53.2 Å². The van der Waals surface area contributed by atoms with Crippen molar-refractivity contribution < 1.29 is 13.9 Å². The molecule has 7 nitrogen and oxygen atoms in total. The molecule has 0 bridgehead atoms. The summed E-state index contributed by atoms with van der Waals surface area (Å²) >= 11 is 1.54. The first-order chi connectivity index (χ1) is 14.5. The van der Waals surface area contributed by atoms with E-state index in [2.05, 4.69) is 10.2 Å². The molecule has 0 unspecified atom stereocenters. The molecule has 0 aliphatic heterocycles. The second kappa shape index (κ2) is 10.9. The fourth-order valence-electron chi connectivity index (χ4n) is 2.91. The fraction of sp³-hybridized carbons (Fsp3) is 0.409. The van der Waals surface area contributed by atoms with Crippen LogP contribution in [0, 0.1) is 6.92 Å². The molecule has 0 radical (unpaired) electrons. The molecule has 3 rings (SSSR count). The molecular formula is C22H28N4O3S. The number of likely N-dealkylation sites (N-methyl/N-ethyl adjacent to an activating group) is 1. The van der Waals surface area contributed by atoms with Crippen LogP contribution in [-0.4, -0.2) is 59.2 Å². The van der Waals surface area contributed by atoms with Gasteiger partial charge in [-0.1, -0.05) is 30.7 Å². The average molecular weight is 429 g/mol. The molecule has 2 aromatic heterocycles. The van der Waals surface area contributed by atoms with Crippen LogP contribution in [0.3, 0.4) is 0 Å². The SMILES string of the molecule is CCCN(Cc1nnc(-c2cccs2)o1)C(=O)CN(C)CCOc1ccc(C)cc1. The lowest BCUT2D eigenvalue weighted by atomic mass is 10.2. The molecule has 0 atom stereocenters. The van der Waals surface area contributed by atoms with Crippen LogP contribution in [0.25, 0.3) is 10.8 Å². The van der Waals surface area contributed by atoms with Crippen LogP contribution >= 0.6 is 11.3 Å². The Bertz CT molecular complexity index is 909. The molecular weight excluding hydrogens is 400 g/mol. The Morgan fingerprint density at radius 3 is 2.67 bits per heavy atom. The summed E-state index contributed by atoms with van der Waals surface area (Å²) < 4.78 is 11.5. The minimum Gasteiger partial charge on any atom is -0.492 e. The van der Waals surface area contributed by atoms with Gasteiger partial charge in [0.25, 0.3) is 5.89 Å². The van der Waals surface area contributed by atoms with Gasteiger partial charge in [0, 0.05) is 13.1 Å². The van der Waals surface area contributed by atoms with Crippen molar-refractivity contribution in [1.29, 1.82) is 0 Å². The number of hydrogen-bond acceptors (Lipinski definition) is 7. The molecule has 0 spiro atoms. The maximum Gasteiger partial charge on any atom is 0.257 e. The highest BCUT2D eigenvalue weighted by molar-refractivity contribution is 7.13. The van der Waals surface area contributed by atoms with Gasteiger partial charge in [-0.3, -0.25) is 9.69 Å². The minimum absolute atomic E-state index is 0.0329. The van der Waals surface area contributed by atoms with Gasteiger partial charge in [-0.05, 0) is 44.0 Å². The van der Waals surface area contributed by atoms with Gasteiger partial charge in [0.05, 0.1) is 18.0 Å². The number of carbonyl (C=O) groups is 1. The molecule has 0 saturated carbocycles. The number of ether oxygens (including phenoxy) is 1. The van der Waals surface area contributed by atoms with Gasteiger partial charge in [0.2, 0.25) is 11.8 Å². The Kier molecular flexibility index (Phi) is 7.98. The normalized spacial score (nSPS) is 11.1. The van der Waals surface area contributed by atoms with Crippen molar-refractivity contribution in [3.63, 3.8) is 0 Å². The predicted octanol–water partition coefficient (Wildman–Crippen LogP) is 3.86. The molecule has 1 amide bonds. The van der Waals surface area contributed by atoms with Gasteiger partial charge in [-0.25, -0.2) is 0 Å². The van der Waals surface area contributed by atoms with Crippen LogP contribution in [0.4, 0.5) is 0 Å².